The quantitative estimate of drug-likeness (QED) is 0.787. The number of aliphatic hydroxyl groups excluding tert-OH is 1. The van der Waals surface area contributed by atoms with Gasteiger partial charge in [-0.15, -0.1) is 0 Å². The van der Waals surface area contributed by atoms with Crippen molar-refractivity contribution in [2.24, 2.45) is 0 Å². The molecule has 2 N–H and O–H groups in total. The van der Waals surface area contributed by atoms with Gasteiger partial charge in [-0.2, -0.15) is 0 Å². The lowest BCUT2D eigenvalue weighted by atomic mass is 10.2. The Morgan fingerprint density at radius 3 is 2.82 bits per heavy atom. The molecule has 0 aliphatic carbocycles. The van der Waals surface area contributed by atoms with E-state index in [1.807, 2.05) is 15.7 Å². The maximum atomic E-state index is 11.6. The van der Waals surface area contributed by atoms with Crippen LogP contribution in [-0.4, -0.2) is 48.6 Å². The molecule has 3 heterocycles. The number of likely N-dealkylation sites (tertiary alicyclic amines) is 1. The van der Waals surface area contributed by atoms with Crippen LogP contribution in [0.1, 0.15) is 24.7 Å². The molecule has 0 radical (unpaired) electrons. The molecule has 1 aliphatic rings. The number of carbonyl (C=O) groups is 1. The van der Waals surface area contributed by atoms with Crippen molar-refractivity contribution >= 4 is 5.91 Å². The third kappa shape index (κ3) is 3.15. The second-order valence-corrected chi connectivity index (χ2v) is 5.33. The van der Waals surface area contributed by atoms with E-state index in [0.717, 1.165) is 13.0 Å². The summed E-state index contributed by atoms with van der Waals surface area (Å²) in [6.07, 6.45) is 5.12. The van der Waals surface area contributed by atoms with Crippen molar-refractivity contribution in [3.05, 3.63) is 36.4 Å². The van der Waals surface area contributed by atoms with E-state index in [0.29, 0.717) is 36.5 Å². The van der Waals surface area contributed by atoms with E-state index >= 15 is 0 Å². The summed E-state index contributed by atoms with van der Waals surface area (Å²) in [5.74, 6) is 0.214. The normalized spacial score (nSPS) is 15.0. The average Bonchev–Trinajstić information content (AvgIpc) is 3.14. The van der Waals surface area contributed by atoms with E-state index in [2.05, 4.69) is 9.97 Å². The van der Waals surface area contributed by atoms with Crippen molar-refractivity contribution in [1.82, 2.24) is 19.4 Å². The first-order valence-electron chi connectivity index (χ1n) is 7.25. The molecule has 1 saturated heterocycles. The van der Waals surface area contributed by atoms with Gasteiger partial charge < -0.3 is 19.7 Å². The van der Waals surface area contributed by atoms with Crippen molar-refractivity contribution < 1.29 is 15.0 Å². The number of pyridine rings is 1. The molecule has 0 unspecified atom stereocenters. The Morgan fingerprint density at radius 2 is 2.09 bits per heavy atom. The molecule has 2 aromatic heterocycles. The second-order valence-electron chi connectivity index (χ2n) is 5.33. The van der Waals surface area contributed by atoms with Gasteiger partial charge in [-0.3, -0.25) is 9.78 Å². The van der Waals surface area contributed by atoms with Gasteiger partial charge in [0.15, 0.2) is 6.29 Å². The van der Waals surface area contributed by atoms with E-state index < -0.39 is 6.29 Å². The van der Waals surface area contributed by atoms with Crippen molar-refractivity contribution in [2.45, 2.75) is 25.7 Å². The van der Waals surface area contributed by atoms with E-state index in [-0.39, 0.29) is 5.91 Å². The van der Waals surface area contributed by atoms with Crippen molar-refractivity contribution in [3.8, 4) is 11.4 Å². The number of carbonyl (C=O) groups excluding carboxylic acids is 1. The lowest BCUT2D eigenvalue weighted by molar-refractivity contribution is -0.127. The fourth-order valence-electron chi connectivity index (χ4n) is 2.54. The number of hydrogen-bond acceptors (Lipinski definition) is 5. The van der Waals surface area contributed by atoms with Gasteiger partial charge in [0.1, 0.15) is 5.69 Å². The summed E-state index contributed by atoms with van der Waals surface area (Å²) in [7, 11) is 0. The molecule has 0 saturated carbocycles. The molecule has 0 bridgehead atoms. The standard InChI is InChI=1S/C15H18N4O3/c20-14-2-1-5-19(14)7-6-18-9-13(17-10-18)12-8-11(15(21)22)3-4-16-12/h3-4,8-10,15,21-22H,1-2,5-7H2. The smallest absolute Gasteiger partial charge is 0.222 e. The molecule has 0 atom stereocenters. The highest BCUT2D eigenvalue weighted by molar-refractivity contribution is 5.77. The van der Waals surface area contributed by atoms with E-state index in [9.17, 15) is 15.0 Å². The van der Waals surface area contributed by atoms with E-state index in [1.54, 1.807) is 18.5 Å². The highest BCUT2D eigenvalue weighted by Gasteiger charge is 2.19. The topological polar surface area (TPSA) is 91.5 Å². The first kappa shape index (κ1) is 14.7. The SMILES string of the molecule is O=C1CCCN1CCn1cnc(-c2cc(C(O)O)ccn2)c1. The minimum atomic E-state index is -1.52. The minimum absolute atomic E-state index is 0.214. The molecule has 1 fully saturated rings. The predicted octanol–water partition coefficient (Wildman–Crippen LogP) is 0.551. The fraction of sp³-hybridized carbons (Fsp3) is 0.400. The van der Waals surface area contributed by atoms with Gasteiger partial charge in [-0.05, 0) is 18.6 Å². The molecule has 7 nitrogen and oxygen atoms in total. The van der Waals surface area contributed by atoms with Crippen LogP contribution in [0, 0.1) is 0 Å². The lowest BCUT2D eigenvalue weighted by Crippen LogP contribution is -2.28. The van der Waals surface area contributed by atoms with Crippen LogP contribution in [0.15, 0.2) is 30.9 Å². The number of aromatic nitrogens is 3. The largest absolute Gasteiger partial charge is 0.364 e. The Hall–Kier alpha value is -2.25. The first-order chi connectivity index (χ1) is 10.6. The number of nitrogens with zero attached hydrogens (tertiary/aromatic N) is 4. The monoisotopic (exact) mass is 302 g/mol. The highest BCUT2D eigenvalue weighted by atomic mass is 16.5. The van der Waals surface area contributed by atoms with Crippen LogP contribution in [0.2, 0.25) is 0 Å². The van der Waals surface area contributed by atoms with E-state index in [4.69, 9.17) is 0 Å². The van der Waals surface area contributed by atoms with Crippen LogP contribution in [0.5, 0.6) is 0 Å². The number of aliphatic hydroxyl groups is 2. The van der Waals surface area contributed by atoms with Gasteiger partial charge in [0.2, 0.25) is 5.91 Å². The first-order valence-corrected chi connectivity index (χ1v) is 7.25. The number of hydrogen-bond donors (Lipinski definition) is 2. The molecule has 2 aromatic rings. The van der Waals surface area contributed by atoms with Gasteiger partial charge >= 0.3 is 0 Å². The Kier molecular flexibility index (Phi) is 4.17. The molecular formula is C15H18N4O3. The molecule has 1 aliphatic heterocycles. The molecule has 1 amide bonds. The number of amides is 1. The van der Waals surface area contributed by atoms with Crippen LogP contribution in [0.3, 0.4) is 0 Å². The maximum absolute atomic E-state index is 11.6. The molecule has 0 spiro atoms. The summed E-state index contributed by atoms with van der Waals surface area (Å²) in [5, 5.41) is 18.4. The van der Waals surface area contributed by atoms with Gasteiger partial charge in [-0.25, -0.2) is 4.98 Å². The summed E-state index contributed by atoms with van der Waals surface area (Å²) >= 11 is 0. The average molecular weight is 302 g/mol. The summed E-state index contributed by atoms with van der Waals surface area (Å²) in [6, 6.07) is 3.14. The third-order valence-electron chi connectivity index (χ3n) is 3.78. The van der Waals surface area contributed by atoms with Gasteiger partial charge in [0.25, 0.3) is 0 Å². The van der Waals surface area contributed by atoms with Gasteiger partial charge in [0, 0.05) is 44.0 Å². The van der Waals surface area contributed by atoms with Crippen LogP contribution < -0.4 is 0 Å². The maximum Gasteiger partial charge on any atom is 0.222 e. The number of imidazole rings is 1. The summed E-state index contributed by atoms with van der Waals surface area (Å²) < 4.78 is 1.91. The molecule has 0 aromatic carbocycles. The second kappa shape index (κ2) is 6.25. The van der Waals surface area contributed by atoms with E-state index in [1.165, 1.54) is 6.20 Å². The number of rotatable bonds is 5. The zero-order valence-electron chi connectivity index (χ0n) is 12.1. The van der Waals surface area contributed by atoms with Crippen molar-refractivity contribution in [3.63, 3.8) is 0 Å². The molecule has 7 heteroatoms. The zero-order chi connectivity index (χ0) is 15.5. The summed E-state index contributed by atoms with van der Waals surface area (Å²) in [4.78, 5) is 21.9. The fourth-order valence-corrected chi connectivity index (χ4v) is 2.54. The molecular weight excluding hydrogens is 284 g/mol. The zero-order valence-corrected chi connectivity index (χ0v) is 12.1. The predicted molar refractivity (Wildman–Crippen MR) is 78.5 cm³/mol. The Bertz CT molecular complexity index is 668. The van der Waals surface area contributed by atoms with Crippen molar-refractivity contribution in [2.75, 3.05) is 13.1 Å². The Balaban J connectivity index is 1.68. The van der Waals surface area contributed by atoms with Crippen LogP contribution >= 0.6 is 0 Å². The Labute approximate surface area is 127 Å². The van der Waals surface area contributed by atoms with Crippen LogP contribution in [-0.2, 0) is 11.3 Å². The van der Waals surface area contributed by atoms with Crippen LogP contribution in [0.25, 0.3) is 11.4 Å². The van der Waals surface area contributed by atoms with Crippen molar-refractivity contribution in [1.29, 1.82) is 0 Å². The third-order valence-corrected chi connectivity index (χ3v) is 3.78. The lowest BCUT2D eigenvalue weighted by Gasteiger charge is -2.15. The minimum Gasteiger partial charge on any atom is -0.364 e. The molecule has 116 valence electrons. The van der Waals surface area contributed by atoms with Gasteiger partial charge in [-0.1, -0.05) is 0 Å². The summed E-state index contributed by atoms with van der Waals surface area (Å²) in [6.45, 7) is 2.19. The molecule has 22 heavy (non-hydrogen) atoms. The molecule has 3 rings (SSSR count). The van der Waals surface area contributed by atoms with Gasteiger partial charge in [0.05, 0.1) is 12.0 Å². The Morgan fingerprint density at radius 1 is 1.23 bits per heavy atom. The summed E-state index contributed by atoms with van der Waals surface area (Å²) in [5.41, 5.74) is 1.62. The van der Waals surface area contributed by atoms with Crippen LogP contribution in [0.4, 0.5) is 0 Å². The highest BCUT2D eigenvalue weighted by Crippen LogP contribution is 2.18.